The lowest BCUT2D eigenvalue weighted by molar-refractivity contribution is 0.275. The zero-order valence-electron chi connectivity index (χ0n) is 12.1. The van der Waals surface area contributed by atoms with Crippen molar-refractivity contribution in [2.24, 2.45) is 11.7 Å². The minimum atomic E-state index is -3.17. The smallest absolute Gasteiger partial charge is 0.175 e. The van der Waals surface area contributed by atoms with E-state index in [9.17, 15) is 13.5 Å². The zero-order chi connectivity index (χ0) is 15.3. The van der Waals surface area contributed by atoms with Crippen molar-refractivity contribution >= 4 is 21.6 Å². The molecule has 0 bridgehead atoms. The maximum Gasteiger partial charge on any atom is 0.175 e. The number of benzene rings is 1. The van der Waals surface area contributed by atoms with Crippen LogP contribution in [0, 0.1) is 5.92 Å². The Bertz CT molecular complexity index is 512. The van der Waals surface area contributed by atoms with Gasteiger partial charge in [0, 0.05) is 22.4 Å². The average Bonchev–Trinajstić information content (AvgIpc) is 2.34. The third-order valence-corrected chi connectivity index (χ3v) is 5.41. The Balaban J connectivity index is 2.76. The Hall–Kier alpha value is -0.560. The van der Waals surface area contributed by atoms with Gasteiger partial charge in [0.05, 0.1) is 11.5 Å². The number of aliphatic hydroxyl groups excluding tert-OH is 1. The first kappa shape index (κ1) is 17.5. The fraction of sp³-hybridized carbons (Fsp3) is 0.571. The molecule has 114 valence electrons. The summed E-state index contributed by atoms with van der Waals surface area (Å²) in [4.78, 5) is 1.21. The van der Waals surface area contributed by atoms with Crippen molar-refractivity contribution in [3.8, 4) is 0 Å². The first-order valence-electron chi connectivity index (χ1n) is 6.57. The van der Waals surface area contributed by atoms with Gasteiger partial charge in [0.1, 0.15) is 0 Å². The fourth-order valence-corrected chi connectivity index (χ4v) is 3.53. The Morgan fingerprint density at radius 1 is 1.25 bits per heavy atom. The molecule has 20 heavy (non-hydrogen) atoms. The van der Waals surface area contributed by atoms with E-state index in [0.717, 1.165) is 11.3 Å². The molecule has 3 N–H and O–H groups in total. The van der Waals surface area contributed by atoms with Crippen molar-refractivity contribution in [3.63, 3.8) is 0 Å². The number of sulfone groups is 1. The molecule has 0 aromatic heterocycles. The molecule has 1 aromatic carbocycles. The second kappa shape index (κ2) is 7.45. The third-order valence-electron chi connectivity index (χ3n) is 2.94. The molecule has 0 heterocycles. The molecule has 0 aliphatic carbocycles. The number of hydrogen-bond donors (Lipinski definition) is 2. The van der Waals surface area contributed by atoms with Crippen LogP contribution in [0.5, 0.6) is 0 Å². The summed E-state index contributed by atoms with van der Waals surface area (Å²) in [6, 6.07) is 6.59. The summed E-state index contributed by atoms with van der Waals surface area (Å²) < 4.78 is 22.8. The second-order valence-corrected chi connectivity index (χ2v) is 8.70. The summed E-state index contributed by atoms with van der Waals surface area (Å²) in [6.45, 7) is 4.20. The SMILES string of the molecule is CC(C)CC(N)C(CO)Sc1ccc(S(C)(=O)=O)cc1. The largest absolute Gasteiger partial charge is 0.395 e. The van der Waals surface area contributed by atoms with Gasteiger partial charge in [-0.1, -0.05) is 13.8 Å². The monoisotopic (exact) mass is 317 g/mol. The highest BCUT2D eigenvalue weighted by Crippen LogP contribution is 2.27. The topological polar surface area (TPSA) is 80.4 Å². The first-order valence-corrected chi connectivity index (χ1v) is 9.34. The van der Waals surface area contributed by atoms with Crippen LogP contribution in [0.25, 0.3) is 0 Å². The lowest BCUT2D eigenvalue weighted by Crippen LogP contribution is -2.36. The standard InChI is InChI=1S/C14H23NO3S2/c1-10(2)8-13(15)14(9-16)19-11-4-6-12(7-5-11)20(3,17)18/h4-7,10,13-14,16H,8-9,15H2,1-3H3. The van der Waals surface area contributed by atoms with Crippen molar-refractivity contribution in [2.75, 3.05) is 12.9 Å². The number of aliphatic hydroxyl groups is 1. The van der Waals surface area contributed by atoms with E-state index in [2.05, 4.69) is 13.8 Å². The van der Waals surface area contributed by atoms with Crippen LogP contribution in [-0.4, -0.2) is 37.7 Å². The predicted molar refractivity (Wildman–Crippen MR) is 83.7 cm³/mol. The summed E-state index contributed by atoms with van der Waals surface area (Å²) in [5.74, 6) is 0.479. The van der Waals surface area contributed by atoms with E-state index >= 15 is 0 Å². The van der Waals surface area contributed by atoms with Crippen LogP contribution in [-0.2, 0) is 9.84 Å². The van der Waals surface area contributed by atoms with Gasteiger partial charge in [-0.3, -0.25) is 0 Å². The van der Waals surface area contributed by atoms with E-state index in [0.29, 0.717) is 10.8 Å². The summed E-state index contributed by atoms with van der Waals surface area (Å²) in [5, 5.41) is 9.38. The number of nitrogens with two attached hydrogens (primary N) is 1. The Morgan fingerprint density at radius 3 is 2.20 bits per heavy atom. The van der Waals surface area contributed by atoms with Crippen LogP contribution >= 0.6 is 11.8 Å². The van der Waals surface area contributed by atoms with Crippen molar-refractivity contribution in [1.82, 2.24) is 0 Å². The predicted octanol–water partition coefficient (Wildman–Crippen LogP) is 1.92. The van der Waals surface area contributed by atoms with Crippen molar-refractivity contribution in [2.45, 2.75) is 41.4 Å². The van der Waals surface area contributed by atoms with Gasteiger partial charge >= 0.3 is 0 Å². The van der Waals surface area contributed by atoms with E-state index in [4.69, 9.17) is 5.73 Å². The molecule has 6 heteroatoms. The first-order chi connectivity index (χ1) is 9.24. The maximum atomic E-state index is 11.4. The highest BCUT2D eigenvalue weighted by atomic mass is 32.2. The van der Waals surface area contributed by atoms with Crippen molar-refractivity contribution in [1.29, 1.82) is 0 Å². The van der Waals surface area contributed by atoms with Crippen LogP contribution in [0.2, 0.25) is 0 Å². The highest BCUT2D eigenvalue weighted by Gasteiger charge is 2.19. The third kappa shape index (κ3) is 5.44. The molecule has 1 rings (SSSR count). The summed E-state index contributed by atoms with van der Waals surface area (Å²) >= 11 is 1.49. The lowest BCUT2D eigenvalue weighted by Gasteiger charge is -2.23. The Kier molecular flexibility index (Phi) is 6.51. The molecule has 0 aliphatic rings. The molecular weight excluding hydrogens is 294 g/mol. The van der Waals surface area contributed by atoms with Gasteiger partial charge in [-0.05, 0) is 36.6 Å². The highest BCUT2D eigenvalue weighted by molar-refractivity contribution is 8.00. The van der Waals surface area contributed by atoms with Gasteiger partial charge in [0.25, 0.3) is 0 Å². The quantitative estimate of drug-likeness (QED) is 0.751. The lowest BCUT2D eigenvalue weighted by atomic mass is 10.0. The number of rotatable bonds is 7. The number of hydrogen-bond acceptors (Lipinski definition) is 5. The normalized spacial score (nSPS) is 15.3. The van der Waals surface area contributed by atoms with Gasteiger partial charge in [0.2, 0.25) is 0 Å². The van der Waals surface area contributed by atoms with E-state index in [1.165, 1.54) is 18.0 Å². The maximum absolute atomic E-state index is 11.4. The summed E-state index contributed by atoms with van der Waals surface area (Å²) in [5.41, 5.74) is 6.10. The average molecular weight is 317 g/mol. The van der Waals surface area contributed by atoms with Gasteiger partial charge in [-0.15, -0.1) is 11.8 Å². The van der Waals surface area contributed by atoms with Crippen molar-refractivity contribution < 1.29 is 13.5 Å². The van der Waals surface area contributed by atoms with Crippen LogP contribution in [0.4, 0.5) is 0 Å². The zero-order valence-corrected chi connectivity index (χ0v) is 13.7. The van der Waals surface area contributed by atoms with Crippen molar-refractivity contribution in [3.05, 3.63) is 24.3 Å². The Labute approximate surface area is 125 Å². The van der Waals surface area contributed by atoms with Crippen LogP contribution in [0.3, 0.4) is 0 Å². The molecule has 1 aromatic rings. The van der Waals surface area contributed by atoms with E-state index < -0.39 is 9.84 Å². The van der Waals surface area contributed by atoms with Gasteiger partial charge in [0.15, 0.2) is 9.84 Å². The van der Waals surface area contributed by atoms with E-state index in [1.54, 1.807) is 24.3 Å². The summed E-state index contributed by atoms with van der Waals surface area (Å²) in [7, 11) is -3.17. The Morgan fingerprint density at radius 2 is 1.80 bits per heavy atom. The minimum absolute atomic E-state index is 0.00633. The number of thioether (sulfide) groups is 1. The summed E-state index contributed by atoms with van der Waals surface area (Å²) in [6.07, 6.45) is 2.03. The van der Waals surface area contributed by atoms with E-state index in [-0.39, 0.29) is 17.9 Å². The second-order valence-electron chi connectivity index (χ2n) is 5.38. The fourth-order valence-electron chi connectivity index (χ4n) is 1.90. The molecule has 2 atom stereocenters. The van der Waals surface area contributed by atoms with Gasteiger partial charge in [-0.2, -0.15) is 0 Å². The van der Waals surface area contributed by atoms with Crippen LogP contribution in [0.1, 0.15) is 20.3 Å². The molecule has 0 aliphatic heterocycles. The molecule has 0 spiro atoms. The molecule has 0 fully saturated rings. The molecule has 0 saturated heterocycles. The molecule has 0 amide bonds. The van der Waals surface area contributed by atoms with Gasteiger partial charge < -0.3 is 10.8 Å². The van der Waals surface area contributed by atoms with E-state index in [1.807, 2.05) is 0 Å². The molecule has 2 unspecified atom stereocenters. The minimum Gasteiger partial charge on any atom is -0.395 e. The molecule has 0 radical (unpaired) electrons. The van der Waals surface area contributed by atoms with Gasteiger partial charge in [-0.25, -0.2) is 8.42 Å². The molecule has 0 saturated carbocycles. The van der Waals surface area contributed by atoms with Crippen LogP contribution < -0.4 is 5.73 Å². The molecule has 4 nitrogen and oxygen atoms in total. The molecular formula is C14H23NO3S2. The van der Waals surface area contributed by atoms with Crippen LogP contribution in [0.15, 0.2) is 34.1 Å².